The summed E-state index contributed by atoms with van der Waals surface area (Å²) in [6, 6.07) is 7.72. The Bertz CT molecular complexity index is 604. The predicted molar refractivity (Wildman–Crippen MR) is 66.2 cm³/mol. The topological polar surface area (TPSA) is 42.0 Å². The Kier molecular flexibility index (Phi) is 3.66. The molecule has 1 aromatic heterocycles. The lowest BCUT2D eigenvalue weighted by molar-refractivity contribution is 0.102. The van der Waals surface area contributed by atoms with E-state index < -0.39 is 17.7 Å². The lowest BCUT2D eigenvalue weighted by Crippen LogP contribution is -2.14. The van der Waals surface area contributed by atoms with Crippen LogP contribution in [0, 0.1) is 11.8 Å². The molecule has 0 saturated carbocycles. The SMILES string of the molecule is O=C(Nc1cccc(F)n1)c1ccc(F)cc1Br. The van der Waals surface area contributed by atoms with E-state index in [0.29, 0.717) is 4.47 Å². The molecule has 2 rings (SSSR count). The second-order valence-electron chi connectivity index (χ2n) is 3.42. The van der Waals surface area contributed by atoms with E-state index >= 15 is 0 Å². The van der Waals surface area contributed by atoms with Crippen molar-refractivity contribution in [3.63, 3.8) is 0 Å². The van der Waals surface area contributed by atoms with Crippen molar-refractivity contribution in [3.05, 3.63) is 58.2 Å². The maximum absolute atomic E-state index is 12.9. The van der Waals surface area contributed by atoms with Gasteiger partial charge in [-0.15, -0.1) is 0 Å². The minimum Gasteiger partial charge on any atom is -0.306 e. The first-order valence-corrected chi connectivity index (χ1v) is 5.74. The van der Waals surface area contributed by atoms with Gasteiger partial charge in [-0.05, 0) is 46.3 Å². The molecule has 1 heterocycles. The average molecular weight is 313 g/mol. The van der Waals surface area contributed by atoms with Crippen molar-refractivity contribution in [1.29, 1.82) is 0 Å². The summed E-state index contributed by atoms with van der Waals surface area (Å²) in [4.78, 5) is 15.3. The van der Waals surface area contributed by atoms with Crippen LogP contribution in [-0.2, 0) is 0 Å². The molecule has 0 saturated heterocycles. The molecular formula is C12H7BrF2N2O. The highest BCUT2D eigenvalue weighted by Crippen LogP contribution is 2.19. The fraction of sp³-hybridized carbons (Fsp3) is 0. The summed E-state index contributed by atoms with van der Waals surface area (Å²) in [5, 5.41) is 2.42. The zero-order valence-corrected chi connectivity index (χ0v) is 10.5. The van der Waals surface area contributed by atoms with Crippen LogP contribution in [0.3, 0.4) is 0 Å². The van der Waals surface area contributed by atoms with E-state index in [1.54, 1.807) is 0 Å². The zero-order chi connectivity index (χ0) is 13.1. The Morgan fingerprint density at radius 2 is 2.00 bits per heavy atom. The third kappa shape index (κ3) is 2.89. The van der Waals surface area contributed by atoms with Gasteiger partial charge < -0.3 is 5.32 Å². The number of benzene rings is 1. The number of halogens is 3. The minimum absolute atomic E-state index is 0.0937. The molecular weight excluding hydrogens is 306 g/mol. The van der Waals surface area contributed by atoms with Gasteiger partial charge in [0.25, 0.3) is 5.91 Å². The molecule has 92 valence electrons. The maximum Gasteiger partial charge on any atom is 0.257 e. The normalized spacial score (nSPS) is 10.2. The van der Waals surface area contributed by atoms with Crippen molar-refractivity contribution in [2.45, 2.75) is 0 Å². The van der Waals surface area contributed by atoms with E-state index in [-0.39, 0.29) is 11.4 Å². The van der Waals surface area contributed by atoms with Crippen molar-refractivity contribution in [2.24, 2.45) is 0 Å². The Labute approximate surface area is 110 Å². The molecule has 18 heavy (non-hydrogen) atoms. The molecule has 0 radical (unpaired) electrons. The fourth-order valence-corrected chi connectivity index (χ4v) is 1.87. The molecule has 1 aromatic carbocycles. The van der Waals surface area contributed by atoms with E-state index in [9.17, 15) is 13.6 Å². The van der Waals surface area contributed by atoms with Crippen molar-refractivity contribution < 1.29 is 13.6 Å². The fourth-order valence-electron chi connectivity index (χ4n) is 1.34. The number of hydrogen-bond acceptors (Lipinski definition) is 2. The molecule has 0 fully saturated rings. The number of rotatable bonds is 2. The van der Waals surface area contributed by atoms with Gasteiger partial charge >= 0.3 is 0 Å². The molecule has 0 bridgehead atoms. The predicted octanol–water partition coefficient (Wildman–Crippen LogP) is 3.37. The second-order valence-corrected chi connectivity index (χ2v) is 4.28. The molecule has 0 spiro atoms. The van der Waals surface area contributed by atoms with Crippen molar-refractivity contribution in [1.82, 2.24) is 4.98 Å². The molecule has 6 heteroatoms. The monoisotopic (exact) mass is 312 g/mol. The minimum atomic E-state index is -0.689. The van der Waals surface area contributed by atoms with E-state index in [1.807, 2.05) is 0 Å². The summed E-state index contributed by atoms with van der Waals surface area (Å²) < 4.78 is 26.0. The Balaban J connectivity index is 2.22. The van der Waals surface area contributed by atoms with Crippen LogP contribution in [0.5, 0.6) is 0 Å². The van der Waals surface area contributed by atoms with Crippen molar-refractivity contribution in [2.75, 3.05) is 5.32 Å². The van der Waals surface area contributed by atoms with Crippen LogP contribution in [0.1, 0.15) is 10.4 Å². The molecule has 0 atom stereocenters. The molecule has 0 aliphatic heterocycles. The van der Waals surface area contributed by atoms with Crippen LogP contribution < -0.4 is 5.32 Å². The third-order valence-corrected chi connectivity index (χ3v) is 2.79. The van der Waals surface area contributed by atoms with Gasteiger partial charge in [-0.2, -0.15) is 4.39 Å². The number of aromatic nitrogens is 1. The molecule has 1 amide bonds. The van der Waals surface area contributed by atoms with Gasteiger partial charge in [0.05, 0.1) is 5.56 Å². The van der Waals surface area contributed by atoms with Gasteiger partial charge in [-0.25, -0.2) is 9.37 Å². The van der Waals surface area contributed by atoms with Crippen molar-refractivity contribution in [3.8, 4) is 0 Å². The second kappa shape index (κ2) is 5.22. The van der Waals surface area contributed by atoms with E-state index in [4.69, 9.17) is 0 Å². The number of anilines is 1. The van der Waals surface area contributed by atoms with Gasteiger partial charge in [0.15, 0.2) is 0 Å². The summed E-state index contributed by atoms with van der Waals surface area (Å²) in [5.74, 6) is -1.55. The van der Waals surface area contributed by atoms with Crippen LogP contribution in [0.25, 0.3) is 0 Å². The first-order valence-electron chi connectivity index (χ1n) is 4.95. The lowest BCUT2D eigenvalue weighted by atomic mass is 10.2. The summed E-state index contributed by atoms with van der Waals surface area (Å²) in [6.07, 6.45) is 0. The van der Waals surface area contributed by atoms with Crippen LogP contribution in [0.2, 0.25) is 0 Å². The van der Waals surface area contributed by atoms with Gasteiger partial charge in [-0.1, -0.05) is 6.07 Å². The van der Waals surface area contributed by atoms with Gasteiger partial charge in [-0.3, -0.25) is 4.79 Å². The molecule has 1 N–H and O–H groups in total. The maximum atomic E-state index is 12.9. The number of amides is 1. The average Bonchev–Trinajstić information content (AvgIpc) is 2.28. The quantitative estimate of drug-likeness (QED) is 0.864. The molecule has 0 unspecified atom stereocenters. The number of carbonyl (C=O) groups excluding carboxylic acids is 1. The first kappa shape index (κ1) is 12.6. The van der Waals surface area contributed by atoms with Gasteiger partial charge in [0.2, 0.25) is 5.95 Å². The Hall–Kier alpha value is -1.82. The number of pyridine rings is 1. The van der Waals surface area contributed by atoms with Crippen molar-refractivity contribution >= 4 is 27.7 Å². The molecule has 0 aliphatic carbocycles. The number of carbonyl (C=O) groups is 1. The largest absolute Gasteiger partial charge is 0.306 e. The zero-order valence-electron chi connectivity index (χ0n) is 8.95. The molecule has 0 aliphatic rings. The number of nitrogens with one attached hydrogen (secondary N) is 1. The number of nitrogens with zero attached hydrogens (tertiary/aromatic N) is 1. The van der Waals surface area contributed by atoms with Crippen LogP contribution >= 0.6 is 15.9 Å². The first-order chi connectivity index (χ1) is 8.56. The van der Waals surface area contributed by atoms with Crippen LogP contribution in [-0.4, -0.2) is 10.9 Å². The highest BCUT2D eigenvalue weighted by atomic mass is 79.9. The summed E-state index contributed by atoms with van der Waals surface area (Å²) in [7, 11) is 0. The summed E-state index contributed by atoms with van der Waals surface area (Å²) in [6.45, 7) is 0. The number of hydrogen-bond donors (Lipinski definition) is 1. The molecule has 3 nitrogen and oxygen atoms in total. The van der Waals surface area contributed by atoms with Gasteiger partial charge in [0, 0.05) is 4.47 Å². The Morgan fingerprint density at radius 3 is 2.67 bits per heavy atom. The Morgan fingerprint density at radius 1 is 1.22 bits per heavy atom. The van der Waals surface area contributed by atoms with E-state index in [2.05, 4.69) is 26.2 Å². The summed E-state index contributed by atoms with van der Waals surface area (Å²) in [5.41, 5.74) is 0.238. The smallest absolute Gasteiger partial charge is 0.257 e. The molecule has 2 aromatic rings. The highest BCUT2D eigenvalue weighted by molar-refractivity contribution is 9.10. The van der Waals surface area contributed by atoms with E-state index in [1.165, 1.54) is 36.4 Å². The van der Waals surface area contributed by atoms with E-state index in [0.717, 1.165) is 0 Å². The van der Waals surface area contributed by atoms with Gasteiger partial charge in [0.1, 0.15) is 11.6 Å². The standard InChI is InChI=1S/C12H7BrF2N2O/c13-9-6-7(14)4-5-8(9)12(18)17-11-3-1-2-10(15)16-11/h1-6H,(H,16,17,18). The lowest BCUT2D eigenvalue weighted by Gasteiger charge is -2.06. The third-order valence-electron chi connectivity index (χ3n) is 2.13. The van der Waals surface area contributed by atoms with Crippen LogP contribution in [0.15, 0.2) is 40.9 Å². The summed E-state index contributed by atoms with van der Waals surface area (Å²) >= 11 is 3.08. The highest BCUT2D eigenvalue weighted by Gasteiger charge is 2.11. The van der Waals surface area contributed by atoms with Crippen LogP contribution in [0.4, 0.5) is 14.6 Å².